The summed E-state index contributed by atoms with van der Waals surface area (Å²) in [6.45, 7) is 1.03. The summed E-state index contributed by atoms with van der Waals surface area (Å²) in [4.78, 5) is -0.0179. The third-order valence-corrected chi connectivity index (χ3v) is 6.22. The van der Waals surface area contributed by atoms with Crippen LogP contribution in [0.2, 0.25) is 10.0 Å². The molecule has 0 aliphatic carbocycles. The van der Waals surface area contributed by atoms with Crippen LogP contribution >= 0.6 is 23.2 Å². The second-order valence-corrected chi connectivity index (χ2v) is 7.73. The summed E-state index contributed by atoms with van der Waals surface area (Å²) < 4.78 is 31.8. The molecule has 1 N–H and O–H groups in total. The number of benzene rings is 1. The summed E-state index contributed by atoms with van der Waals surface area (Å²) in [6.07, 6.45) is 0.755. The van der Waals surface area contributed by atoms with E-state index in [-0.39, 0.29) is 27.5 Å². The van der Waals surface area contributed by atoms with Gasteiger partial charge >= 0.3 is 0 Å². The molecule has 2 rings (SSSR count). The number of aliphatic hydroxyl groups is 1. The number of halogens is 2. The maximum absolute atomic E-state index is 12.7. The summed E-state index contributed by atoms with van der Waals surface area (Å²) in [6, 6.07) is 2.69. The Morgan fingerprint density at radius 3 is 2.71 bits per heavy atom. The van der Waals surface area contributed by atoms with Gasteiger partial charge in [-0.2, -0.15) is 4.31 Å². The number of aliphatic hydroxyl groups excluding tert-OH is 1. The average Bonchev–Trinajstić information content (AvgIpc) is 2.88. The molecule has 1 aliphatic rings. The first-order valence-corrected chi connectivity index (χ1v) is 8.67. The number of methoxy groups -OCH3 is 1. The zero-order valence-corrected chi connectivity index (χ0v) is 13.9. The van der Waals surface area contributed by atoms with Gasteiger partial charge in [-0.15, -0.1) is 0 Å². The number of hydrogen-bond donors (Lipinski definition) is 1. The molecule has 0 aromatic heterocycles. The van der Waals surface area contributed by atoms with E-state index in [1.165, 1.54) is 16.4 Å². The van der Waals surface area contributed by atoms with Gasteiger partial charge in [0.1, 0.15) is 4.90 Å². The van der Waals surface area contributed by atoms with Crippen LogP contribution in [0.5, 0.6) is 0 Å². The van der Waals surface area contributed by atoms with Crippen molar-refractivity contribution in [3.8, 4) is 0 Å². The van der Waals surface area contributed by atoms with Crippen LogP contribution in [0.3, 0.4) is 0 Å². The van der Waals surface area contributed by atoms with E-state index in [0.717, 1.165) is 6.42 Å². The van der Waals surface area contributed by atoms with Crippen LogP contribution < -0.4 is 0 Å². The zero-order chi connectivity index (χ0) is 15.6. The molecule has 21 heavy (non-hydrogen) atoms. The highest BCUT2D eigenvalue weighted by molar-refractivity contribution is 7.89. The summed E-state index contributed by atoms with van der Waals surface area (Å²) in [7, 11) is -2.10. The van der Waals surface area contributed by atoms with Crippen molar-refractivity contribution in [1.29, 1.82) is 0 Å². The van der Waals surface area contributed by atoms with Crippen molar-refractivity contribution in [2.75, 3.05) is 26.8 Å². The molecule has 1 fully saturated rings. The maximum Gasteiger partial charge on any atom is 0.244 e. The predicted octanol–water partition coefficient (Wildman–Crippen LogP) is 2.14. The molecule has 1 heterocycles. The molecule has 5 nitrogen and oxygen atoms in total. The lowest BCUT2D eigenvalue weighted by molar-refractivity contribution is 0.157. The van der Waals surface area contributed by atoms with Crippen LogP contribution in [0, 0.1) is 5.92 Å². The van der Waals surface area contributed by atoms with Gasteiger partial charge in [-0.25, -0.2) is 8.42 Å². The SMILES string of the molecule is COCC1CCN(S(=O)(=O)c2cc(CO)c(Cl)cc2Cl)C1. The van der Waals surface area contributed by atoms with Gasteiger partial charge in [0, 0.05) is 25.2 Å². The van der Waals surface area contributed by atoms with Crippen molar-refractivity contribution in [2.45, 2.75) is 17.9 Å². The standard InChI is InChI=1S/C13H17Cl2NO4S/c1-20-8-9-2-3-16(6-9)21(18,19)13-4-10(7-17)11(14)5-12(13)15/h4-5,9,17H,2-3,6-8H2,1H3. The van der Waals surface area contributed by atoms with Crippen LogP contribution in [0.4, 0.5) is 0 Å². The summed E-state index contributed by atoms with van der Waals surface area (Å²) >= 11 is 11.9. The van der Waals surface area contributed by atoms with Crippen molar-refractivity contribution in [1.82, 2.24) is 4.31 Å². The zero-order valence-electron chi connectivity index (χ0n) is 11.6. The van der Waals surface area contributed by atoms with E-state index in [1.807, 2.05) is 0 Å². The fourth-order valence-electron chi connectivity index (χ4n) is 2.42. The molecule has 0 saturated carbocycles. The third-order valence-electron chi connectivity index (χ3n) is 3.54. The van der Waals surface area contributed by atoms with Crippen molar-refractivity contribution in [3.05, 3.63) is 27.7 Å². The number of ether oxygens (including phenoxy) is 1. The Morgan fingerprint density at radius 1 is 1.38 bits per heavy atom. The molecule has 1 aliphatic heterocycles. The largest absolute Gasteiger partial charge is 0.392 e. The fraction of sp³-hybridized carbons (Fsp3) is 0.538. The predicted molar refractivity (Wildman–Crippen MR) is 81.1 cm³/mol. The Morgan fingerprint density at radius 2 is 2.10 bits per heavy atom. The molecule has 118 valence electrons. The lowest BCUT2D eigenvalue weighted by Crippen LogP contribution is -2.29. The van der Waals surface area contributed by atoms with Gasteiger partial charge in [-0.3, -0.25) is 0 Å². The summed E-state index contributed by atoms with van der Waals surface area (Å²) in [5, 5.41) is 9.54. The topological polar surface area (TPSA) is 66.8 Å². The Bertz CT molecular complexity index is 621. The van der Waals surface area contributed by atoms with Gasteiger partial charge in [-0.1, -0.05) is 23.2 Å². The molecule has 1 saturated heterocycles. The number of sulfonamides is 1. The number of hydrogen-bond acceptors (Lipinski definition) is 4. The first-order valence-electron chi connectivity index (χ1n) is 6.48. The Balaban J connectivity index is 2.32. The van der Waals surface area contributed by atoms with E-state index in [1.54, 1.807) is 7.11 Å². The van der Waals surface area contributed by atoms with Crippen LogP contribution in [0.1, 0.15) is 12.0 Å². The Labute approximate surface area is 134 Å². The molecule has 0 radical (unpaired) electrons. The van der Waals surface area contributed by atoms with Gasteiger partial charge in [0.05, 0.1) is 18.2 Å². The highest BCUT2D eigenvalue weighted by Gasteiger charge is 2.34. The number of rotatable bonds is 5. The molecule has 1 atom stereocenters. The molecule has 1 aromatic carbocycles. The first-order chi connectivity index (χ1) is 9.90. The quantitative estimate of drug-likeness (QED) is 0.880. The van der Waals surface area contributed by atoms with Gasteiger partial charge in [0.2, 0.25) is 10.0 Å². The van der Waals surface area contributed by atoms with E-state index in [9.17, 15) is 13.5 Å². The summed E-state index contributed by atoms with van der Waals surface area (Å²) in [5.74, 6) is 0.188. The molecule has 0 spiro atoms. The lowest BCUT2D eigenvalue weighted by atomic mass is 10.1. The highest BCUT2D eigenvalue weighted by Crippen LogP contribution is 2.32. The minimum Gasteiger partial charge on any atom is -0.392 e. The van der Waals surface area contributed by atoms with Gasteiger partial charge in [-0.05, 0) is 30.0 Å². The summed E-state index contributed by atoms with van der Waals surface area (Å²) in [5.41, 5.74) is 0.340. The average molecular weight is 354 g/mol. The fourth-order valence-corrected chi connectivity index (χ4v) is 4.78. The van der Waals surface area contributed by atoms with Crippen molar-refractivity contribution >= 4 is 33.2 Å². The smallest absolute Gasteiger partial charge is 0.244 e. The molecule has 1 unspecified atom stereocenters. The molecular formula is C13H17Cl2NO4S. The molecular weight excluding hydrogens is 337 g/mol. The van der Waals surface area contributed by atoms with E-state index in [0.29, 0.717) is 25.3 Å². The van der Waals surface area contributed by atoms with E-state index < -0.39 is 10.0 Å². The molecule has 0 amide bonds. The van der Waals surface area contributed by atoms with E-state index >= 15 is 0 Å². The number of nitrogens with zero attached hydrogens (tertiary/aromatic N) is 1. The Hall–Kier alpha value is -0.370. The van der Waals surface area contributed by atoms with Crippen molar-refractivity contribution < 1.29 is 18.3 Å². The van der Waals surface area contributed by atoms with Gasteiger partial charge in [0.15, 0.2) is 0 Å². The van der Waals surface area contributed by atoms with Crippen LogP contribution in [-0.4, -0.2) is 44.6 Å². The van der Waals surface area contributed by atoms with E-state index in [2.05, 4.69) is 0 Å². The van der Waals surface area contributed by atoms with Gasteiger partial charge < -0.3 is 9.84 Å². The molecule has 1 aromatic rings. The molecule has 8 heteroatoms. The first kappa shape index (κ1) is 17.0. The highest BCUT2D eigenvalue weighted by atomic mass is 35.5. The lowest BCUT2D eigenvalue weighted by Gasteiger charge is -2.18. The maximum atomic E-state index is 12.7. The van der Waals surface area contributed by atoms with E-state index in [4.69, 9.17) is 27.9 Å². The van der Waals surface area contributed by atoms with Crippen LogP contribution in [0.15, 0.2) is 17.0 Å². The minimum absolute atomic E-state index is 0.0179. The van der Waals surface area contributed by atoms with Crippen LogP contribution in [0.25, 0.3) is 0 Å². The Kier molecular flexibility index (Phi) is 5.51. The van der Waals surface area contributed by atoms with Gasteiger partial charge in [0.25, 0.3) is 0 Å². The second kappa shape index (κ2) is 6.81. The third kappa shape index (κ3) is 3.52. The van der Waals surface area contributed by atoms with Crippen LogP contribution in [-0.2, 0) is 21.4 Å². The van der Waals surface area contributed by atoms with Crippen molar-refractivity contribution in [3.63, 3.8) is 0 Å². The second-order valence-electron chi connectivity index (χ2n) is 5.01. The molecule has 0 bridgehead atoms. The van der Waals surface area contributed by atoms with Crippen molar-refractivity contribution in [2.24, 2.45) is 5.92 Å². The minimum atomic E-state index is -3.69. The monoisotopic (exact) mass is 353 g/mol. The normalized spacial score (nSPS) is 20.1.